The average molecular weight is 486 g/mol. The van der Waals surface area contributed by atoms with E-state index in [0.29, 0.717) is 22.7 Å². The summed E-state index contributed by atoms with van der Waals surface area (Å²) in [4.78, 5) is 12.9. The average Bonchev–Trinajstić information content (AvgIpc) is 3.48. The number of hydrogen-bond acceptors (Lipinski definition) is 5. The molecule has 1 aliphatic carbocycles. The molecule has 184 valence electrons. The lowest BCUT2D eigenvalue weighted by atomic mass is 9.96. The minimum Gasteiger partial charge on any atom is -0.493 e. The highest BCUT2D eigenvalue weighted by Gasteiger charge is 2.47. The lowest BCUT2D eigenvalue weighted by molar-refractivity contribution is -0.173. The summed E-state index contributed by atoms with van der Waals surface area (Å²) < 4.78 is 53.5. The normalized spacial score (nSPS) is 18.9. The van der Waals surface area contributed by atoms with Crippen LogP contribution in [-0.4, -0.2) is 36.1 Å². The number of anilines is 2. The number of fused-ring (bicyclic) bond motifs is 2. The molecule has 0 saturated heterocycles. The summed E-state index contributed by atoms with van der Waals surface area (Å²) in [7, 11) is 2.96. The summed E-state index contributed by atoms with van der Waals surface area (Å²) in [5.41, 5.74) is 3.57. The number of carbonyl (C=O) groups excluding carboxylic acids is 1. The fraction of sp³-hybridized carbons (Fsp3) is 0.360. The summed E-state index contributed by atoms with van der Waals surface area (Å²) in [5, 5.41) is 9.90. The summed E-state index contributed by atoms with van der Waals surface area (Å²) >= 11 is 0. The second-order valence-corrected chi connectivity index (χ2v) is 8.76. The number of benzene rings is 2. The highest BCUT2D eigenvalue weighted by atomic mass is 19.4. The predicted octanol–water partition coefficient (Wildman–Crippen LogP) is 5.30. The highest BCUT2D eigenvalue weighted by molar-refractivity contribution is 6.03. The molecule has 3 aromatic rings. The second kappa shape index (κ2) is 8.83. The summed E-state index contributed by atoms with van der Waals surface area (Å²) in [6, 6.07) is 9.50. The van der Waals surface area contributed by atoms with E-state index in [1.165, 1.54) is 31.4 Å². The highest BCUT2D eigenvalue weighted by Crippen LogP contribution is 2.44. The Morgan fingerprint density at radius 1 is 1.06 bits per heavy atom. The molecule has 2 heterocycles. The van der Waals surface area contributed by atoms with Crippen LogP contribution in [0.4, 0.5) is 24.7 Å². The summed E-state index contributed by atoms with van der Waals surface area (Å²) in [6.07, 6.45) is -1.80. The van der Waals surface area contributed by atoms with Gasteiger partial charge in [0.15, 0.2) is 23.2 Å². The maximum atomic E-state index is 14.0. The van der Waals surface area contributed by atoms with Gasteiger partial charge in [-0.05, 0) is 60.2 Å². The van der Waals surface area contributed by atoms with Gasteiger partial charge in [0.2, 0.25) is 0 Å². The Balaban J connectivity index is 1.43. The molecule has 7 nitrogen and oxygen atoms in total. The largest absolute Gasteiger partial charge is 0.493 e. The van der Waals surface area contributed by atoms with Crippen LogP contribution in [-0.2, 0) is 12.8 Å². The molecule has 2 aliphatic rings. The van der Waals surface area contributed by atoms with Crippen LogP contribution >= 0.6 is 0 Å². The zero-order valence-electron chi connectivity index (χ0n) is 19.3. The molecule has 35 heavy (non-hydrogen) atoms. The lowest BCUT2D eigenvalue weighted by Crippen LogP contribution is -2.35. The van der Waals surface area contributed by atoms with Crippen molar-refractivity contribution in [2.24, 2.45) is 0 Å². The quantitative estimate of drug-likeness (QED) is 0.512. The molecule has 10 heteroatoms. The SMILES string of the molecule is COc1ccc(C2CC(C(F)(F)F)n3nc(C(=O)Nc4ccc5c(c4)CCC5)cc3N2)cc1OC. The summed E-state index contributed by atoms with van der Waals surface area (Å²) in [6.45, 7) is 0. The molecule has 2 atom stereocenters. The first-order valence-electron chi connectivity index (χ1n) is 11.3. The van der Waals surface area contributed by atoms with E-state index in [1.54, 1.807) is 18.2 Å². The van der Waals surface area contributed by atoms with Crippen LogP contribution in [0.15, 0.2) is 42.5 Å². The number of amides is 1. The number of nitrogens with zero attached hydrogens (tertiary/aromatic N) is 2. The van der Waals surface area contributed by atoms with Crippen molar-refractivity contribution in [2.45, 2.75) is 43.9 Å². The third kappa shape index (κ3) is 4.40. The predicted molar refractivity (Wildman–Crippen MR) is 124 cm³/mol. The van der Waals surface area contributed by atoms with E-state index in [2.05, 4.69) is 15.7 Å². The second-order valence-electron chi connectivity index (χ2n) is 8.76. The molecule has 2 unspecified atom stereocenters. The van der Waals surface area contributed by atoms with E-state index < -0.39 is 24.2 Å². The molecular weight excluding hydrogens is 461 g/mol. The number of alkyl halides is 3. The van der Waals surface area contributed by atoms with Crippen molar-refractivity contribution in [1.82, 2.24) is 9.78 Å². The molecule has 0 fully saturated rings. The van der Waals surface area contributed by atoms with Crippen molar-refractivity contribution >= 4 is 17.4 Å². The molecule has 2 aromatic carbocycles. The number of nitrogens with one attached hydrogen (secondary N) is 2. The molecule has 1 amide bonds. The van der Waals surface area contributed by atoms with Crippen molar-refractivity contribution in [1.29, 1.82) is 0 Å². The van der Waals surface area contributed by atoms with Crippen molar-refractivity contribution < 1.29 is 27.4 Å². The van der Waals surface area contributed by atoms with Crippen LogP contribution in [0.3, 0.4) is 0 Å². The van der Waals surface area contributed by atoms with Crippen molar-refractivity contribution in [3.05, 3.63) is 64.8 Å². The number of aryl methyl sites for hydroxylation is 2. The van der Waals surface area contributed by atoms with E-state index in [9.17, 15) is 18.0 Å². The molecule has 1 aliphatic heterocycles. The van der Waals surface area contributed by atoms with Gasteiger partial charge in [-0.2, -0.15) is 18.3 Å². The molecule has 0 spiro atoms. The maximum absolute atomic E-state index is 14.0. The van der Waals surface area contributed by atoms with Crippen LogP contribution in [0.1, 0.15) is 52.1 Å². The van der Waals surface area contributed by atoms with Gasteiger partial charge in [-0.1, -0.05) is 12.1 Å². The van der Waals surface area contributed by atoms with Crippen molar-refractivity contribution in [2.75, 3.05) is 24.9 Å². The first-order chi connectivity index (χ1) is 16.8. The van der Waals surface area contributed by atoms with Gasteiger partial charge in [0.25, 0.3) is 5.91 Å². The Labute approximate surface area is 200 Å². The van der Waals surface area contributed by atoms with Gasteiger partial charge in [0.1, 0.15) is 5.82 Å². The lowest BCUT2D eigenvalue weighted by Gasteiger charge is -2.33. The maximum Gasteiger partial charge on any atom is 0.410 e. The topological polar surface area (TPSA) is 77.4 Å². The number of halogens is 3. The van der Waals surface area contributed by atoms with Crippen LogP contribution in [0.2, 0.25) is 0 Å². The zero-order valence-corrected chi connectivity index (χ0v) is 19.3. The molecule has 5 rings (SSSR count). The standard InChI is InChI=1S/C25H25F3N4O3/c1-34-20-9-7-16(11-21(20)35-2)18-12-22(25(26,27)28)32-23(30-18)13-19(31-32)24(33)29-17-8-6-14-4-3-5-15(14)10-17/h6-11,13,18,22,30H,3-5,12H2,1-2H3,(H,29,33). The number of carbonyl (C=O) groups is 1. The van der Waals surface area contributed by atoms with Gasteiger partial charge in [-0.3, -0.25) is 4.79 Å². The third-order valence-corrected chi connectivity index (χ3v) is 6.59. The van der Waals surface area contributed by atoms with Crippen LogP contribution < -0.4 is 20.1 Å². The minimum absolute atomic E-state index is 0.0878. The van der Waals surface area contributed by atoms with E-state index in [4.69, 9.17) is 9.47 Å². The Morgan fingerprint density at radius 3 is 2.57 bits per heavy atom. The van der Waals surface area contributed by atoms with Gasteiger partial charge in [-0.15, -0.1) is 0 Å². The first kappa shape index (κ1) is 23.1. The minimum atomic E-state index is -4.55. The molecule has 1 aromatic heterocycles. The smallest absolute Gasteiger partial charge is 0.410 e. The fourth-order valence-electron chi connectivity index (χ4n) is 4.82. The molecule has 0 bridgehead atoms. The third-order valence-electron chi connectivity index (χ3n) is 6.59. The number of hydrogen-bond donors (Lipinski definition) is 2. The van der Waals surface area contributed by atoms with Crippen LogP contribution in [0.25, 0.3) is 0 Å². The van der Waals surface area contributed by atoms with Crippen molar-refractivity contribution in [3.8, 4) is 11.5 Å². The number of aromatic nitrogens is 2. The van der Waals surface area contributed by atoms with Gasteiger partial charge in [0.05, 0.1) is 20.3 Å². The number of methoxy groups -OCH3 is 2. The number of ether oxygens (including phenoxy) is 2. The van der Waals surface area contributed by atoms with Gasteiger partial charge in [0, 0.05) is 18.2 Å². The molecule has 0 saturated carbocycles. The van der Waals surface area contributed by atoms with E-state index in [0.717, 1.165) is 23.9 Å². The van der Waals surface area contributed by atoms with Crippen LogP contribution in [0.5, 0.6) is 11.5 Å². The van der Waals surface area contributed by atoms with Gasteiger partial charge < -0.3 is 20.1 Å². The first-order valence-corrected chi connectivity index (χ1v) is 11.3. The van der Waals surface area contributed by atoms with Gasteiger partial charge in [-0.25, -0.2) is 4.68 Å². The van der Waals surface area contributed by atoms with Crippen molar-refractivity contribution in [3.63, 3.8) is 0 Å². The van der Waals surface area contributed by atoms with E-state index in [-0.39, 0.29) is 17.9 Å². The fourth-order valence-corrected chi connectivity index (χ4v) is 4.82. The number of rotatable bonds is 5. The summed E-state index contributed by atoms with van der Waals surface area (Å²) in [5.74, 6) is 0.464. The Bertz CT molecular complexity index is 1270. The Kier molecular flexibility index (Phi) is 5.82. The molecule has 2 N–H and O–H groups in total. The monoisotopic (exact) mass is 486 g/mol. The zero-order chi connectivity index (χ0) is 24.7. The molecular formula is C25H25F3N4O3. The van der Waals surface area contributed by atoms with E-state index >= 15 is 0 Å². The Morgan fingerprint density at radius 2 is 1.83 bits per heavy atom. The van der Waals surface area contributed by atoms with E-state index in [1.807, 2.05) is 18.2 Å². The van der Waals surface area contributed by atoms with Crippen LogP contribution in [0, 0.1) is 0 Å². The van der Waals surface area contributed by atoms with Gasteiger partial charge >= 0.3 is 6.18 Å². The molecule has 0 radical (unpaired) electrons. The Hall–Kier alpha value is -3.69.